The van der Waals surface area contributed by atoms with Crippen LogP contribution >= 0.6 is 34.0 Å². The van der Waals surface area contributed by atoms with Crippen LogP contribution in [0.1, 0.15) is 89.1 Å². The number of rotatable bonds is 8. The molecule has 2 fully saturated rings. The van der Waals surface area contributed by atoms with Crippen molar-refractivity contribution in [2.45, 2.75) is 51.1 Å². The van der Waals surface area contributed by atoms with Gasteiger partial charge in [-0.3, -0.25) is 0 Å². The van der Waals surface area contributed by atoms with Crippen molar-refractivity contribution in [2.24, 2.45) is 0 Å². The third-order valence-corrected chi connectivity index (χ3v) is 18.0. The van der Waals surface area contributed by atoms with Crippen molar-refractivity contribution in [1.29, 1.82) is 0 Å². The molecule has 4 aliphatic rings. The van der Waals surface area contributed by atoms with Gasteiger partial charge in [0.2, 0.25) is 0 Å². The first kappa shape index (κ1) is 41.4. The largest absolute Gasteiger partial charge is 0.345 e. The predicted molar refractivity (Wildman–Crippen MR) is 274 cm³/mol. The molecule has 0 amide bonds. The summed E-state index contributed by atoms with van der Waals surface area (Å²) < 4.78 is 23.9. The van der Waals surface area contributed by atoms with Gasteiger partial charge < -0.3 is 18.9 Å². The molecule has 0 saturated carbocycles. The van der Waals surface area contributed by atoms with Crippen molar-refractivity contribution < 1.29 is 18.9 Å². The molecule has 6 aromatic carbocycles. The molecule has 330 valence electrons. The van der Waals surface area contributed by atoms with Crippen molar-refractivity contribution in [3.05, 3.63) is 234 Å². The molecule has 4 nitrogen and oxygen atoms in total. The Hall–Kier alpha value is -5.74. The normalized spacial score (nSPS) is 16.9. The standard InChI is InChI=1S/C60H48O4S3/c1-35-5-15-41(16-6-35)59(42-17-7-36(2)8-18-42)47-33-39(49-25-27-51(65-49)57-61-29-30-62-57)13-23-45(47)55-53(59)54-56(67-55)46-24-14-40(50-26-28-52(66-50)58-63-31-32-64-58)34-48(46)60(54,43-19-9-37(3)10-20-43)44-21-11-38(4)12-22-44/h5-28,33-34,57-58H,29-32H2,1-4H3. The predicted octanol–water partition coefficient (Wildman–Crippen LogP) is 15.3. The average molecular weight is 929 g/mol. The Morgan fingerprint density at radius 3 is 1.03 bits per heavy atom. The molecule has 7 heteroatoms. The van der Waals surface area contributed by atoms with Crippen LogP contribution < -0.4 is 0 Å². The van der Waals surface area contributed by atoms with Gasteiger partial charge in [0.25, 0.3) is 0 Å². The van der Waals surface area contributed by atoms with Crippen LogP contribution in [0.2, 0.25) is 0 Å². The molecular formula is C60H48O4S3. The van der Waals surface area contributed by atoms with Gasteiger partial charge in [0.05, 0.1) is 47.0 Å². The van der Waals surface area contributed by atoms with Crippen LogP contribution in [-0.4, -0.2) is 26.4 Å². The maximum Gasteiger partial charge on any atom is 0.193 e. The summed E-state index contributed by atoms with van der Waals surface area (Å²) in [6.45, 7) is 11.3. The molecule has 3 aromatic heterocycles. The molecule has 67 heavy (non-hydrogen) atoms. The highest BCUT2D eigenvalue weighted by Crippen LogP contribution is 2.69. The lowest BCUT2D eigenvalue weighted by Gasteiger charge is -2.40. The number of aryl methyl sites for hydroxylation is 4. The molecule has 0 N–H and O–H groups in total. The summed E-state index contributed by atoms with van der Waals surface area (Å²) in [6, 6.07) is 61.0. The zero-order valence-corrected chi connectivity index (χ0v) is 40.3. The van der Waals surface area contributed by atoms with Gasteiger partial charge in [-0.05, 0) is 131 Å². The quantitative estimate of drug-likeness (QED) is 0.152. The minimum absolute atomic E-state index is 0.307. The summed E-state index contributed by atoms with van der Waals surface area (Å²) in [5, 5.41) is 0. The maximum absolute atomic E-state index is 5.97. The summed E-state index contributed by atoms with van der Waals surface area (Å²) in [4.78, 5) is 7.29. The van der Waals surface area contributed by atoms with E-state index in [1.807, 2.05) is 11.3 Å². The van der Waals surface area contributed by atoms with E-state index in [4.69, 9.17) is 18.9 Å². The third-order valence-electron chi connectivity index (χ3n) is 14.5. The van der Waals surface area contributed by atoms with E-state index in [1.54, 1.807) is 22.7 Å². The second kappa shape index (κ2) is 15.9. The number of hydrogen-bond acceptors (Lipinski definition) is 7. The van der Waals surface area contributed by atoms with Gasteiger partial charge in [-0.1, -0.05) is 144 Å². The maximum atomic E-state index is 5.97. The summed E-state index contributed by atoms with van der Waals surface area (Å²) in [7, 11) is 0. The molecular weight excluding hydrogens is 881 g/mol. The Bertz CT molecular complexity index is 3030. The Labute approximate surface area is 404 Å². The lowest BCUT2D eigenvalue weighted by atomic mass is 9.61. The van der Waals surface area contributed by atoms with E-state index in [2.05, 4.69) is 185 Å². The van der Waals surface area contributed by atoms with E-state index < -0.39 is 10.8 Å². The Morgan fingerprint density at radius 1 is 0.373 bits per heavy atom. The lowest BCUT2D eigenvalue weighted by Crippen LogP contribution is -2.35. The highest BCUT2D eigenvalue weighted by molar-refractivity contribution is 7.19. The van der Waals surface area contributed by atoms with Gasteiger partial charge in [-0.15, -0.1) is 34.0 Å². The summed E-state index contributed by atoms with van der Waals surface area (Å²) >= 11 is 5.51. The first-order valence-corrected chi connectivity index (χ1v) is 25.7. The van der Waals surface area contributed by atoms with Gasteiger partial charge in [0.15, 0.2) is 12.6 Å². The monoisotopic (exact) mass is 928 g/mol. The van der Waals surface area contributed by atoms with Crippen LogP contribution in [0.5, 0.6) is 0 Å². The number of thiophene rings is 3. The van der Waals surface area contributed by atoms with Crippen LogP contribution in [0.3, 0.4) is 0 Å². The Morgan fingerprint density at radius 2 is 0.701 bits per heavy atom. The number of hydrogen-bond donors (Lipinski definition) is 0. The van der Waals surface area contributed by atoms with Crippen LogP contribution in [0.25, 0.3) is 41.8 Å². The van der Waals surface area contributed by atoms with Crippen molar-refractivity contribution in [3.63, 3.8) is 0 Å². The van der Waals surface area contributed by atoms with E-state index in [0.717, 1.165) is 9.75 Å². The zero-order chi connectivity index (χ0) is 45.0. The first-order chi connectivity index (χ1) is 32.8. The summed E-state index contributed by atoms with van der Waals surface area (Å²) in [5.74, 6) is 0. The number of ether oxygens (including phenoxy) is 4. The van der Waals surface area contributed by atoms with E-state index in [-0.39, 0.29) is 12.6 Å². The van der Waals surface area contributed by atoms with E-state index in [0.29, 0.717) is 26.4 Å². The molecule has 5 heterocycles. The molecule has 0 radical (unpaired) electrons. The fourth-order valence-electron chi connectivity index (χ4n) is 11.3. The molecule has 0 spiro atoms. The minimum Gasteiger partial charge on any atom is -0.345 e. The van der Waals surface area contributed by atoms with Crippen LogP contribution in [0.15, 0.2) is 158 Å². The van der Waals surface area contributed by atoms with Crippen LogP contribution in [0, 0.1) is 27.7 Å². The summed E-state index contributed by atoms with van der Waals surface area (Å²) in [5.41, 5.74) is 19.0. The highest BCUT2D eigenvalue weighted by Gasteiger charge is 2.57. The Kier molecular flexibility index (Phi) is 9.85. The molecule has 9 aromatic rings. The number of fused-ring (bicyclic) bond motifs is 7. The third kappa shape index (κ3) is 6.29. The van der Waals surface area contributed by atoms with Crippen molar-refractivity contribution in [1.82, 2.24) is 0 Å². The van der Waals surface area contributed by atoms with Gasteiger partial charge in [-0.2, -0.15) is 0 Å². The topological polar surface area (TPSA) is 36.9 Å². The smallest absolute Gasteiger partial charge is 0.193 e. The van der Waals surface area contributed by atoms with Gasteiger partial charge in [-0.25, -0.2) is 0 Å². The zero-order valence-electron chi connectivity index (χ0n) is 37.9. The average Bonchev–Trinajstić information content (AvgIpc) is 4.21. The minimum atomic E-state index is -0.667. The fourth-order valence-corrected chi connectivity index (χ4v) is 14.8. The van der Waals surface area contributed by atoms with E-state index in [9.17, 15) is 0 Å². The molecule has 13 rings (SSSR count). The second-order valence-corrected chi connectivity index (χ2v) is 21.8. The van der Waals surface area contributed by atoms with Crippen molar-refractivity contribution in [3.8, 4) is 41.8 Å². The first-order valence-electron chi connectivity index (χ1n) is 23.2. The molecule has 2 aliphatic carbocycles. The molecule has 0 unspecified atom stereocenters. The lowest BCUT2D eigenvalue weighted by molar-refractivity contribution is -0.0415. The fraction of sp³-hybridized carbons (Fsp3) is 0.200. The highest BCUT2D eigenvalue weighted by atomic mass is 32.1. The molecule has 0 atom stereocenters. The Balaban J connectivity index is 1.13. The van der Waals surface area contributed by atoms with Crippen molar-refractivity contribution >= 4 is 34.0 Å². The van der Waals surface area contributed by atoms with Gasteiger partial charge >= 0.3 is 0 Å². The van der Waals surface area contributed by atoms with Gasteiger partial charge in [0.1, 0.15) is 0 Å². The van der Waals surface area contributed by atoms with E-state index in [1.165, 1.54) is 109 Å². The second-order valence-electron chi connectivity index (χ2n) is 18.5. The molecule has 0 bridgehead atoms. The van der Waals surface area contributed by atoms with Crippen LogP contribution in [0.4, 0.5) is 0 Å². The van der Waals surface area contributed by atoms with Crippen LogP contribution in [-0.2, 0) is 29.8 Å². The molecule has 2 saturated heterocycles. The number of benzene rings is 6. The summed E-state index contributed by atoms with van der Waals surface area (Å²) in [6.07, 6.45) is -0.615. The molecule has 2 aliphatic heterocycles. The van der Waals surface area contributed by atoms with E-state index >= 15 is 0 Å². The SMILES string of the molecule is Cc1ccc(C2(c3ccc(C)cc3)c3cc(-c4ccc(C5OCCO5)s4)ccc3-c3sc4c(c32)C(c2ccc(C)cc2)(c2ccc(C)cc2)c2cc(-c3ccc(C5OCCO5)s3)ccc2-4)cc1. The van der Waals surface area contributed by atoms with Gasteiger partial charge in [0, 0.05) is 19.5 Å². The van der Waals surface area contributed by atoms with Crippen molar-refractivity contribution in [2.75, 3.05) is 26.4 Å².